The van der Waals surface area contributed by atoms with Gasteiger partial charge >= 0.3 is 11.9 Å². The predicted molar refractivity (Wildman–Crippen MR) is 148 cm³/mol. The summed E-state index contributed by atoms with van der Waals surface area (Å²) in [5.74, 6) is -2.11. The second-order valence-corrected chi connectivity index (χ2v) is 10.5. The van der Waals surface area contributed by atoms with E-state index in [9.17, 15) is 34.5 Å². The SMILES string of the molecule is CC(C)NCC(O)COc1ccc(CC(=O)NCCCCC(N[C@@H](C)C(=O)N2CCC[C@H]2C(=O)O)C(=O)O)cc1. The lowest BCUT2D eigenvalue weighted by molar-refractivity contribution is -0.149. The Hall–Kier alpha value is -3.22. The first-order valence-corrected chi connectivity index (χ1v) is 13.9. The molecule has 0 radical (unpaired) electrons. The van der Waals surface area contributed by atoms with Crippen LogP contribution >= 0.6 is 0 Å². The van der Waals surface area contributed by atoms with Crippen molar-refractivity contribution in [3.05, 3.63) is 29.8 Å². The van der Waals surface area contributed by atoms with Gasteiger partial charge in [-0.2, -0.15) is 0 Å². The first-order valence-electron chi connectivity index (χ1n) is 13.9. The summed E-state index contributed by atoms with van der Waals surface area (Å²) in [6.45, 7) is 6.88. The van der Waals surface area contributed by atoms with Crippen molar-refractivity contribution in [3.8, 4) is 5.75 Å². The zero-order valence-corrected chi connectivity index (χ0v) is 23.6. The van der Waals surface area contributed by atoms with Crippen LogP contribution in [0.15, 0.2) is 24.3 Å². The second kappa shape index (κ2) is 16.8. The van der Waals surface area contributed by atoms with Gasteiger partial charge < -0.3 is 35.6 Å². The number of benzene rings is 1. The molecule has 1 aromatic rings. The van der Waals surface area contributed by atoms with Crippen LogP contribution in [0.5, 0.6) is 5.75 Å². The molecule has 2 amide bonds. The quantitative estimate of drug-likeness (QED) is 0.140. The van der Waals surface area contributed by atoms with E-state index in [1.807, 2.05) is 13.8 Å². The molecule has 12 heteroatoms. The van der Waals surface area contributed by atoms with Gasteiger partial charge in [-0.25, -0.2) is 4.79 Å². The number of aliphatic carboxylic acids is 2. The first kappa shape index (κ1) is 33.0. The van der Waals surface area contributed by atoms with Crippen LogP contribution in [0.25, 0.3) is 0 Å². The van der Waals surface area contributed by atoms with Crippen LogP contribution in [0.2, 0.25) is 0 Å². The number of nitrogens with one attached hydrogen (secondary N) is 3. The molecule has 12 nitrogen and oxygen atoms in total. The van der Waals surface area contributed by atoms with Crippen molar-refractivity contribution in [3.63, 3.8) is 0 Å². The van der Waals surface area contributed by atoms with Crippen molar-refractivity contribution in [1.82, 2.24) is 20.9 Å². The summed E-state index contributed by atoms with van der Waals surface area (Å²) in [6.07, 6.45) is 1.89. The monoisotopic (exact) mass is 564 g/mol. The Labute approximate surface area is 235 Å². The summed E-state index contributed by atoms with van der Waals surface area (Å²) in [7, 11) is 0. The van der Waals surface area contributed by atoms with Crippen molar-refractivity contribution in [2.45, 2.75) is 89.6 Å². The summed E-state index contributed by atoms with van der Waals surface area (Å²) in [5, 5.41) is 37.6. The van der Waals surface area contributed by atoms with Crippen LogP contribution in [0.3, 0.4) is 0 Å². The number of nitrogens with zero attached hydrogens (tertiary/aromatic N) is 1. The van der Waals surface area contributed by atoms with E-state index in [0.717, 1.165) is 5.56 Å². The number of carbonyl (C=O) groups excluding carboxylic acids is 2. The smallest absolute Gasteiger partial charge is 0.326 e. The minimum absolute atomic E-state index is 0.158. The van der Waals surface area contributed by atoms with Crippen molar-refractivity contribution in [1.29, 1.82) is 0 Å². The lowest BCUT2D eigenvalue weighted by Crippen LogP contribution is -2.53. The molecule has 2 rings (SSSR count). The van der Waals surface area contributed by atoms with Crippen LogP contribution in [0.1, 0.15) is 58.4 Å². The van der Waals surface area contributed by atoms with E-state index in [4.69, 9.17) is 4.74 Å². The number of carboxylic acid groups (broad SMARTS) is 2. The number of aliphatic hydroxyl groups is 1. The van der Waals surface area contributed by atoms with E-state index in [0.29, 0.717) is 51.1 Å². The van der Waals surface area contributed by atoms with Gasteiger partial charge in [0, 0.05) is 25.7 Å². The van der Waals surface area contributed by atoms with E-state index in [2.05, 4.69) is 16.0 Å². The molecule has 0 spiro atoms. The largest absolute Gasteiger partial charge is 0.491 e. The summed E-state index contributed by atoms with van der Waals surface area (Å²) < 4.78 is 5.58. The Kier molecular flexibility index (Phi) is 13.8. The third-order valence-corrected chi connectivity index (χ3v) is 6.67. The lowest BCUT2D eigenvalue weighted by Gasteiger charge is -2.27. The molecular formula is C28H44N4O8. The number of ether oxygens (including phenoxy) is 1. The summed E-state index contributed by atoms with van der Waals surface area (Å²) in [6, 6.07) is 4.70. The summed E-state index contributed by atoms with van der Waals surface area (Å²) >= 11 is 0. The minimum Gasteiger partial charge on any atom is -0.491 e. The van der Waals surface area contributed by atoms with Gasteiger partial charge in [0.25, 0.3) is 0 Å². The number of aliphatic hydroxyl groups excluding tert-OH is 1. The Morgan fingerprint density at radius 2 is 1.77 bits per heavy atom. The first-order chi connectivity index (χ1) is 19.0. The molecular weight excluding hydrogens is 520 g/mol. The normalized spacial score (nSPS) is 17.3. The summed E-state index contributed by atoms with van der Waals surface area (Å²) in [4.78, 5) is 49.3. The van der Waals surface area contributed by atoms with Gasteiger partial charge in [0.1, 0.15) is 30.5 Å². The van der Waals surface area contributed by atoms with Gasteiger partial charge in [-0.15, -0.1) is 0 Å². The maximum absolute atomic E-state index is 12.7. The van der Waals surface area contributed by atoms with Crippen LogP contribution in [0.4, 0.5) is 0 Å². The predicted octanol–water partition coefficient (Wildman–Crippen LogP) is 0.760. The van der Waals surface area contributed by atoms with E-state index >= 15 is 0 Å². The molecule has 0 aromatic heterocycles. The Morgan fingerprint density at radius 3 is 2.40 bits per heavy atom. The average Bonchev–Trinajstić information content (AvgIpc) is 3.40. The Bertz CT molecular complexity index is 972. The molecule has 0 aliphatic carbocycles. The molecule has 6 N–H and O–H groups in total. The highest BCUT2D eigenvalue weighted by atomic mass is 16.5. The van der Waals surface area contributed by atoms with E-state index in [-0.39, 0.29) is 31.4 Å². The topological polar surface area (TPSA) is 178 Å². The fourth-order valence-corrected chi connectivity index (χ4v) is 4.46. The van der Waals surface area contributed by atoms with Gasteiger partial charge in [-0.3, -0.25) is 19.7 Å². The zero-order valence-electron chi connectivity index (χ0n) is 23.6. The van der Waals surface area contributed by atoms with Crippen molar-refractivity contribution >= 4 is 23.8 Å². The minimum atomic E-state index is -1.09. The number of carboxylic acids is 2. The molecule has 0 saturated carbocycles. The molecule has 40 heavy (non-hydrogen) atoms. The molecule has 2 unspecified atom stereocenters. The lowest BCUT2D eigenvalue weighted by atomic mass is 10.1. The molecule has 1 aromatic carbocycles. The Morgan fingerprint density at radius 1 is 1.07 bits per heavy atom. The van der Waals surface area contributed by atoms with Gasteiger partial charge in [0.15, 0.2) is 0 Å². The van der Waals surface area contributed by atoms with Crippen molar-refractivity contribution < 1.29 is 39.2 Å². The molecule has 1 aliphatic heterocycles. The van der Waals surface area contributed by atoms with E-state index in [1.54, 1.807) is 31.2 Å². The maximum atomic E-state index is 12.7. The van der Waals surface area contributed by atoms with Crippen LogP contribution in [-0.2, 0) is 25.6 Å². The van der Waals surface area contributed by atoms with Crippen LogP contribution < -0.4 is 20.7 Å². The molecule has 0 bridgehead atoms. The van der Waals surface area contributed by atoms with Gasteiger partial charge in [0.05, 0.1) is 12.5 Å². The number of hydrogen-bond donors (Lipinski definition) is 6. The molecule has 4 atom stereocenters. The summed E-state index contributed by atoms with van der Waals surface area (Å²) in [5.41, 5.74) is 0.809. The second-order valence-electron chi connectivity index (χ2n) is 10.5. The number of unbranched alkanes of at least 4 members (excludes halogenated alkanes) is 1. The number of hydrogen-bond acceptors (Lipinski definition) is 8. The highest BCUT2D eigenvalue weighted by molar-refractivity contribution is 5.88. The third-order valence-electron chi connectivity index (χ3n) is 6.67. The highest BCUT2D eigenvalue weighted by Crippen LogP contribution is 2.19. The maximum Gasteiger partial charge on any atom is 0.326 e. The van der Waals surface area contributed by atoms with Gasteiger partial charge in [-0.05, 0) is 56.7 Å². The molecule has 224 valence electrons. The van der Waals surface area contributed by atoms with E-state index < -0.39 is 42.1 Å². The molecule has 1 saturated heterocycles. The average molecular weight is 565 g/mol. The van der Waals surface area contributed by atoms with Crippen LogP contribution in [0, 0.1) is 0 Å². The van der Waals surface area contributed by atoms with Gasteiger partial charge in [-0.1, -0.05) is 26.0 Å². The number of rotatable bonds is 18. The van der Waals surface area contributed by atoms with Gasteiger partial charge in [0.2, 0.25) is 11.8 Å². The number of amides is 2. The molecule has 1 heterocycles. The van der Waals surface area contributed by atoms with E-state index in [1.165, 1.54) is 4.90 Å². The number of likely N-dealkylation sites (tertiary alicyclic amines) is 1. The van der Waals surface area contributed by atoms with Crippen molar-refractivity contribution in [2.75, 3.05) is 26.2 Å². The zero-order chi connectivity index (χ0) is 29.7. The molecule has 1 aliphatic rings. The third kappa shape index (κ3) is 11.5. The fourth-order valence-electron chi connectivity index (χ4n) is 4.46. The highest BCUT2D eigenvalue weighted by Gasteiger charge is 2.36. The Balaban J connectivity index is 1.67. The van der Waals surface area contributed by atoms with Crippen LogP contribution in [-0.4, -0.2) is 100 Å². The molecule has 1 fully saturated rings. The van der Waals surface area contributed by atoms with Crippen molar-refractivity contribution in [2.24, 2.45) is 0 Å². The number of carbonyl (C=O) groups is 4. The standard InChI is InChI=1S/C28H44N4O8/c1-18(2)30-16-21(33)17-40-22-11-9-20(10-12-22)15-25(34)29-13-5-4-7-23(27(36)37)31-19(3)26(35)32-14-6-8-24(32)28(38)39/h9-12,18-19,21,23-24,30-31,33H,4-8,13-17H2,1-3H3,(H,29,34)(H,36,37)(H,38,39)/t19-,21?,23?,24-/m0/s1. The fraction of sp³-hybridized carbons (Fsp3) is 0.643.